The first-order valence-corrected chi connectivity index (χ1v) is 6.89. The van der Waals surface area contributed by atoms with Crippen LogP contribution in [-0.4, -0.2) is 26.3 Å². The van der Waals surface area contributed by atoms with Crippen LogP contribution in [0.25, 0.3) is 0 Å². The summed E-state index contributed by atoms with van der Waals surface area (Å²) in [5.74, 6) is 1.78. The fourth-order valence-corrected chi connectivity index (χ4v) is 1.70. The lowest BCUT2D eigenvalue weighted by Gasteiger charge is -2.07. The first kappa shape index (κ1) is 14.5. The third kappa shape index (κ3) is 4.31. The summed E-state index contributed by atoms with van der Waals surface area (Å²) in [5, 5.41) is 7.48. The number of hydrogen-bond donors (Lipinski definition) is 1. The molecule has 2 aromatic heterocycles. The van der Waals surface area contributed by atoms with Crippen molar-refractivity contribution < 1.29 is 4.74 Å². The topological polar surface area (TPSA) is 64.9 Å². The summed E-state index contributed by atoms with van der Waals surface area (Å²) in [6.07, 6.45) is 6.87. The van der Waals surface area contributed by atoms with E-state index < -0.39 is 0 Å². The fraction of sp³-hybridized carbons (Fsp3) is 0.500. The molecule has 0 aliphatic carbocycles. The molecule has 0 saturated carbocycles. The molecular formula is C14H21N5O. The Balaban J connectivity index is 1.95. The van der Waals surface area contributed by atoms with Gasteiger partial charge in [-0.05, 0) is 19.4 Å². The van der Waals surface area contributed by atoms with Crippen LogP contribution in [0, 0.1) is 5.92 Å². The Morgan fingerprint density at radius 2 is 2.15 bits per heavy atom. The van der Waals surface area contributed by atoms with E-state index in [0.717, 1.165) is 18.8 Å². The molecule has 0 unspecified atom stereocenters. The highest BCUT2D eigenvalue weighted by Crippen LogP contribution is 2.17. The normalized spacial score (nSPS) is 11.0. The van der Waals surface area contributed by atoms with Crippen molar-refractivity contribution in [1.29, 1.82) is 0 Å². The van der Waals surface area contributed by atoms with Crippen LogP contribution in [0.5, 0.6) is 11.6 Å². The molecule has 1 N–H and O–H groups in total. The fourth-order valence-electron chi connectivity index (χ4n) is 1.70. The molecule has 0 aliphatic heterocycles. The highest BCUT2D eigenvalue weighted by molar-refractivity contribution is 5.20. The van der Waals surface area contributed by atoms with E-state index in [1.165, 1.54) is 0 Å². The first-order valence-electron chi connectivity index (χ1n) is 6.89. The maximum atomic E-state index is 5.64. The monoisotopic (exact) mass is 275 g/mol. The van der Waals surface area contributed by atoms with Crippen molar-refractivity contribution in [2.45, 2.75) is 33.9 Å². The van der Waals surface area contributed by atoms with Crippen LogP contribution in [0.4, 0.5) is 0 Å². The maximum absolute atomic E-state index is 5.64. The minimum Gasteiger partial charge on any atom is -0.434 e. The molecule has 0 bridgehead atoms. The maximum Gasteiger partial charge on any atom is 0.238 e. The predicted octanol–water partition coefficient (Wildman–Crippen LogP) is 2.23. The van der Waals surface area contributed by atoms with Crippen molar-refractivity contribution in [3.8, 4) is 11.6 Å². The average molecular weight is 275 g/mol. The molecule has 6 heteroatoms. The van der Waals surface area contributed by atoms with E-state index in [1.807, 2.05) is 13.1 Å². The van der Waals surface area contributed by atoms with E-state index in [9.17, 15) is 0 Å². The Hall–Kier alpha value is -1.95. The van der Waals surface area contributed by atoms with Gasteiger partial charge in [-0.2, -0.15) is 5.10 Å². The molecule has 0 radical (unpaired) electrons. The molecule has 0 atom stereocenters. The lowest BCUT2D eigenvalue weighted by molar-refractivity contribution is 0.454. The summed E-state index contributed by atoms with van der Waals surface area (Å²) in [6, 6.07) is 0. The Bertz CT molecular complexity index is 538. The minimum absolute atomic E-state index is 0.490. The van der Waals surface area contributed by atoms with Gasteiger partial charge in [0.2, 0.25) is 5.88 Å². The Morgan fingerprint density at radius 3 is 2.85 bits per heavy atom. The van der Waals surface area contributed by atoms with Crippen LogP contribution in [0.2, 0.25) is 0 Å². The van der Waals surface area contributed by atoms with Crippen LogP contribution >= 0.6 is 0 Å². The van der Waals surface area contributed by atoms with Gasteiger partial charge in [0.05, 0.1) is 24.3 Å². The number of aromatic nitrogens is 4. The molecule has 2 rings (SSSR count). The second-order valence-corrected chi connectivity index (χ2v) is 5.01. The molecule has 6 nitrogen and oxygen atoms in total. The predicted molar refractivity (Wildman–Crippen MR) is 76.6 cm³/mol. The summed E-state index contributed by atoms with van der Waals surface area (Å²) in [5.41, 5.74) is 0.867. The van der Waals surface area contributed by atoms with E-state index in [-0.39, 0.29) is 0 Å². The number of aryl methyl sites for hydroxylation is 1. The van der Waals surface area contributed by atoms with Crippen molar-refractivity contribution in [1.82, 2.24) is 25.1 Å². The summed E-state index contributed by atoms with van der Waals surface area (Å²) in [6.45, 7) is 8.83. The summed E-state index contributed by atoms with van der Waals surface area (Å²) in [7, 11) is 0. The Labute approximate surface area is 119 Å². The molecule has 0 fully saturated rings. The average Bonchev–Trinajstić information content (AvgIpc) is 2.86. The summed E-state index contributed by atoms with van der Waals surface area (Å²) >= 11 is 0. The number of ether oxygens (including phenoxy) is 1. The van der Waals surface area contributed by atoms with E-state index in [2.05, 4.69) is 34.2 Å². The standard InChI is InChI=1S/C14H21N5O/c1-4-19-10-13(8-17-19)20-14-9-16-7-12(18-14)6-15-5-11(2)3/h7-11,15H,4-6H2,1-3H3. The highest BCUT2D eigenvalue weighted by atomic mass is 16.5. The van der Waals surface area contributed by atoms with E-state index in [4.69, 9.17) is 4.74 Å². The minimum atomic E-state index is 0.490. The smallest absolute Gasteiger partial charge is 0.238 e. The van der Waals surface area contributed by atoms with Gasteiger partial charge in [0.25, 0.3) is 0 Å². The Morgan fingerprint density at radius 1 is 1.30 bits per heavy atom. The van der Waals surface area contributed by atoms with Crippen LogP contribution < -0.4 is 10.1 Å². The molecule has 0 amide bonds. The van der Waals surface area contributed by atoms with Gasteiger partial charge in [0.15, 0.2) is 5.75 Å². The zero-order valence-electron chi connectivity index (χ0n) is 12.2. The number of hydrogen-bond acceptors (Lipinski definition) is 5. The molecule has 2 heterocycles. The molecule has 108 valence electrons. The van der Waals surface area contributed by atoms with Gasteiger partial charge >= 0.3 is 0 Å². The molecule has 20 heavy (non-hydrogen) atoms. The van der Waals surface area contributed by atoms with Crippen molar-refractivity contribution in [3.05, 3.63) is 30.5 Å². The van der Waals surface area contributed by atoms with E-state index in [1.54, 1.807) is 23.3 Å². The van der Waals surface area contributed by atoms with Crippen LogP contribution in [0.15, 0.2) is 24.8 Å². The third-order valence-corrected chi connectivity index (χ3v) is 2.68. The van der Waals surface area contributed by atoms with Crippen molar-refractivity contribution in [2.24, 2.45) is 5.92 Å². The summed E-state index contributed by atoms with van der Waals surface area (Å²) in [4.78, 5) is 8.57. The highest BCUT2D eigenvalue weighted by Gasteiger charge is 2.04. The van der Waals surface area contributed by atoms with Gasteiger partial charge in [-0.15, -0.1) is 0 Å². The number of nitrogens with one attached hydrogen (secondary N) is 1. The van der Waals surface area contributed by atoms with Gasteiger partial charge in [-0.1, -0.05) is 13.8 Å². The van der Waals surface area contributed by atoms with Crippen LogP contribution in [-0.2, 0) is 13.1 Å². The SMILES string of the molecule is CCn1cc(Oc2cncc(CNCC(C)C)n2)cn1. The van der Waals surface area contributed by atoms with Gasteiger partial charge in [-0.25, -0.2) is 4.98 Å². The molecule has 0 aliphatic rings. The largest absolute Gasteiger partial charge is 0.434 e. The number of rotatable bonds is 7. The van der Waals surface area contributed by atoms with Gasteiger partial charge in [-0.3, -0.25) is 9.67 Å². The zero-order valence-corrected chi connectivity index (χ0v) is 12.2. The first-order chi connectivity index (χ1) is 9.67. The molecule has 2 aromatic rings. The van der Waals surface area contributed by atoms with E-state index >= 15 is 0 Å². The molecule has 0 aromatic carbocycles. The zero-order chi connectivity index (χ0) is 14.4. The van der Waals surface area contributed by atoms with Crippen molar-refractivity contribution in [3.63, 3.8) is 0 Å². The quantitative estimate of drug-likeness (QED) is 0.839. The second kappa shape index (κ2) is 7.00. The van der Waals surface area contributed by atoms with Crippen molar-refractivity contribution in [2.75, 3.05) is 6.54 Å². The Kier molecular flexibility index (Phi) is 5.06. The lowest BCUT2D eigenvalue weighted by atomic mass is 10.2. The van der Waals surface area contributed by atoms with E-state index in [0.29, 0.717) is 24.1 Å². The second-order valence-electron chi connectivity index (χ2n) is 5.01. The van der Waals surface area contributed by atoms with Gasteiger partial charge < -0.3 is 10.1 Å². The third-order valence-electron chi connectivity index (χ3n) is 2.68. The molecular weight excluding hydrogens is 254 g/mol. The molecule has 0 saturated heterocycles. The van der Waals surface area contributed by atoms with Crippen LogP contribution in [0.3, 0.4) is 0 Å². The van der Waals surface area contributed by atoms with Crippen molar-refractivity contribution >= 4 is 0 Å². The van der Waals surface area contributed by atoms with Gasteiger partial charge in [0, 0.05) is 19.3 Å². The summed E-state index contributed by atoms with van der Waals surface area (Å²) < 4.78 is 7.45. The number of nitrogens with zero attached hydrogens (tertiary/aromatic N) is 4. The lowest BCUT2D eigenvalue weighted by Crippen LogP contribution is -2.19. The van der Waals surface area contributed by atoms with Crippen LogP contribution in [0.1, 0.15) is 26.5 Å². The van der Waals surface area contributed by atoms with Gasteiger partial charge in [0.1, 0.15) is 0 Å². The molecule has 0 spiro atoms.